The van der Waals surface area contributed by atoms with Crippen molar-refractivity contribution in [1.29, 1.82) is 0 Å². The van der Waals surface area contributed by atoms with Crippen molar-refractivity contribution in [3.63, 3.8) is 0 Å². The molecule has 2 unspecified atom stereocenters. The van der Waals surface area contributed by atoms with Gasteiger partial charge in [0, 0.05) is 6.61 Å². The number of hydrogen-bond donors (Lipinski definition) is 0. The topological polar surface area (TPSA) is 35.5 Å². The highest BCUT2D eigenvalue weighted by molar-refractivity contribution is 6.44. The largest absolute Gasteiger partial charge is 0.397 e. The minimum atomic E-state index is -1.52. The molecule has 0 aliphatic carbocycles. The first-order chi connectivity index (χ1) is 6.24. The van der Waals surface area contributed by atoms with Crippen LogP contribution in [-0.4, -0.2) is 27.8 Å². The summed E-state index contributed by atoms with van der Waals surface area (Å²) in [6.45, 7) is 5.98. The van der Waals surface area contributed by atoms with Crippen molar-refractivity contribution in [2.45, 2.75) is 31.9 Å². The van der Waals surface area contributed by atoms with Crippen LogP contribution < -0.4 is 0 Å². The summed E-state index contributed by atoms with van der Waals surface area (Å²) in [5, 5.41) is 0. The standard InChI is InChI=1S/C9H16O3Si/c1-3-9(10)8(2)12-13-7-5-4-6-11-13/h3,8,13H,1,4-7H2,2H3. The summed E-state index contributed by atoms with van der Waals surface area (Å²) in [5.74, 6) is -0.0540. The average Bonchev–Trinajstić information content (AvgIpc) is 2.18. The predicted octanol–water partition coefficient (Wildman–Crippen LogP) is 1.18. The molecule has 1 fully saturated rings. The normalized spacial score (nSPS) is 25.2. The molecular formula is C9H16O3Si. The summed E-state index contributed by atoms with van der Waals surface area (Å²) in [6.07, 6.45) is 3.23. The Balaban J connectivity index is 2.29. The molecule has 74 valence electrons. The fourth-order valence-corrected chi connectivity index (χ4v) is 3.30. The maximum Gasteiger partial charge on any atom is 0.322 e. The van der Waals surface area contributed by atoms with Crippen molar-refractivity contribution in [1.82, 2.24) is 0 Å². The Morgan fingerprint density at radius 2 is 2.46 bits per heavy atom. The second-order valence-corrected chi connectivity index (χ2v) is 5.22. The Kier molecular flexibility index (Phi) is 4.34. The molecule has 0 spiro atoms. The molecule has 2 atom stereocenters. The quantitative estimate of drug-likeness (QED) is 0.505. The molecule has 0 N–H and O–H groups in total. The van der Waals surface area contributed by atoms with E-state index < -0.39 is 9.28 Å². The molecule has 1 saturated heterocycles. The van der Waals surface area contributed by atoms with Crippen molar-refractivity contribution in [3.8, 4) is 0 Å². The van der Waals surface area contributed by atoms with E-state index in [0.29, 0.717) is 0 Å². The minimum absolute atomic E-state index is 0.0540. The zero-order valence-corrected chi connectivity index (χ0v) is 9.15. The van der Waals surface area contributed by atoms with Gasteiger partial charge < -0.3 is 8.85 Å². The lowest BCUT2D eigenvalue weighted by Gasteiger charge is -2.23. The highest BCUT2D eigenvalue weighted by Crippen LogP contribution is 2.13. The number of ketones is 1. The van der Waals surface area contributed by atoms with E-state index in [2.05, 4.69) is 6.58 Å². The molecule has 0 radical (unpaired) electrons. The summed E-state index contributed by atoms with van der Waals surface area (Å²) in [6, 6.07) is 1.02. The summed E-state index contributed by atoms with van der Waals surface area (Å²) in [4.78, 5) is 11.1. The van der Waals surface area contributed by atoms with Crippen molar-refractivity contribution < 1.29 is 13.6 Å². The fourth-order valence-electron chi connectivity index (χ4n) is 1.28. The van der Waals surface area contributed by atoms with Crippen LogP contribution in [0.4, 0.5) is 0 Å². The molecule has 1 aliphatic heterocycles. The van der Waals surface area contributed by atoms with Crippen LogP contribution in [0.15, 0.2) is 12.7 Å². The van der Waals surface area contributed by atoms with E-state index in [9.17, 15) is 4.79 Å². The Hall–Kier alpha value is -0.453. The monoisotopic (exact) mass is 200 g/mol. The molecule has 0 aromatic carbocycles. The first-order valence-electron chi connectivity index (χ1n) is 4.67. The van der Waals surface area contributed by atoms with Gasteiger partial charge in [-0.25, -0.2) is 0 Å². The predicted molar refractivity (Wildman–Crippen MR) is 52.9 cm³/mol. The molecular weight excluding hydrogens is 184 g/mol. The second kappa shape index (κ2) is 5.31. The number of carbonyl (C=O) groups excluding carboxylic acids is 1. The van der Waals surface area contributed by atoms with Gasteiger partial charge in [0.25, 0.3) is 0 Å². The minimum Gasteiger partial charge on any atom is -0.397 e. The molecule has 1 aliphatic rings. The number of hydrogen-bond acceptors (Lipinski definition) is 3. The van der Waals surface area contributed by atoms with Gasteiger partial charge in [0.1, 0.15) is 6.10 Å². The molecule has 0 aromatic heterocycles. The van der Waals surface area contributed by atoms with Crippen LogP contribution >= 0.6 is 0 Å². The fraction of sp³-hybridized carbons (Fsp3) is 0.667. The Morgan fingerprint density at radius 1 is 1.69 bits per heavy atom. The molecule has 1 rings (SSSR count). The van der Waals surface area contributed by atoms with E-state index in [4.69, 9.17) is 8.85 Å². The van der Waals surface area contributed by atoms with E-state index in [1.807, 2.05) is 0 Å². The van der Waals surface area contributed by atoms with Gasteiger partial charge in [0.15, 0.2) is 5.78 Å². The van der Waals surface area contributed by atoms with E-state index in [0.717, 1.165) is 19.1 Å². The Bertz CT molecular complexity index is 187. The third kappa shape index (κ3) is 3.42. The first-order valence-corrected chi connectivity index (χ1v) is 6.43. The van der Waals surface area contributed by atoms with Crippen molar-refractivity contribution in [3.05, 3.63) is 12.7 Å². The lowest BCUT2D eigenvalue weighted by atomic mass is 10.3. The van der Waals surface area contributed by atoms with Crippen LogP contribution in [0, 0.1) is 0 Å². The second-order valence-electron chi connectivity index (χ2n) is 3.18. The number of rotatable bonds is 4. The summed E-state index contributed by atoms with van der Waals surface area (Å²) in [5.41, 5.74) is 0. The van der Waals surface area contributed by atoms with E-state index in [-0.39, 0.29) is 11.9 Å². The molecule has 13 heavy (non-hydrogen) atoms. The summed E-state index contributed by atoms with van der Waals surface area (Å²) < 4.78 is 11.0. The van der Waals surface area contributed by atoms with Crippen LogP contribution in [0.5, 0.6) is 0 Å². The smallest absolute Gasteiger partial charge is 0.322 e. The lowest BCUT2D eigenvalue weighted by Crippen LogP contribution is -2.33. The zero-order valence-electron chi connectivity index (χ0n) is 7.99. The lowest BCUT2D eigenvalue weighted by molar-refractivity contribution is -0.121. The Morgan fingerprint density at radius 3 is 3.00 bits per heavy atom. The first kappa shape index (κ1) is 10.6. The Labute approximate surface area is 80.6 Å². The van der Waals surface area contributed by atoms with Crippen LogP contribution in [0.3, 0.4) is 0 Å². The maximum absolute atomic E-state index is 11.1. The van der Waals surface area contributed by atoms with Gasteiger partial charge in [-0.3, -0.25) is 4.79 Å². The van der Waals surface area contributed by atoms with Gasteiger partial charge >= 0.3 is 9.28 Å². The molecule has 0 amide bonds. The third-order valence-corrected chi connectivity index (χ3v) is 4.29. The van der Waals surface area contributed by atoms with Crippen LogP contribution in [0.2, 0.25) is 6.04 Å². The van der Waals surface area contributed by atoms with Gasteiger partial charge in [-0.1, -0.05) is 6.58 Å². The summed E-state index contributed by atoms with van der Waals surface area (Å²) in [7, 11) is -1.52. The third-order valence-electron chi connectivity index (χ3n) is 2.10. The van der Waals surface area contributed by atoms with E-state index in [1.54, 1.807) is 6.92 Å². The van der Waals surface area contributed by atoms with Gasteiger partial charge in [0.05, 0.1) is 0 Å². The van der Waals surface area contributed by atoms with Gasteiger partial charge in [-0.2, -0.15) is 0 Å². The van der Waals surface area contributed by atoms with Crippen LogP contribution in [0.1, 0.15) is 19.8 Å². The highest BCUT2D eigenvalue weighted by Gasteiger charge is 2.22. The van der Waals surface area contributed by atoms with E-state index >= 15 is 0 Å². The molecule has 0 aromatic rings. The van der Waals surface area contributed by atoms with Gasteiger partial charge in [-0.05, 0) is 31.9 Å². The van der Waals surface area contributed by atoms with Crippen LogP contribution in [0.25, 0.3) is 0 Å². The average molecular weight is 200 g/mol. The molecule has 1 heterocycles. The van der Waals surface area contributed by atoms with Crippen molar-refractivity contribution in [2.75, 3.05) is 6.61 Å². The van der Waals surface area contributed by atoms with Gasteiger partial charge in [0.2, 0.25) is 0 Å². The maximum atomic E-state index is 11.1. The highest BCUT2D eigenvalue weighted by atomic mass is 28.3. The SMILES string of the molecule is C=CC(=O)C(C)O[SiH]1CCCCO1. The summed E-state index contributed by atoms with van der Waals surface area (Å²) >= 11 is 0. The molecule has 3 nitrogen and oxygen atoms in total. The molecule has 0 saturated carbocycles. The van der Waals surface area contributed by atoms with E-state index in [1.165, 1.54) is 12.5 Å². The van der Waals surface area contributed by atoms with Crippen LogP contribution in [-0.2, 0) is 13.6 Å². The van der Waals surface area contributed by atoms with Gasteiger partial charge in [-0.15, -0.1) is 0 Å². The van der Waals surface area contributed by atoms with Crippen molar-refractivity contribution in [2.24, 2.45) is 0 Å². The zero-order chi connectivity index (χ0) is 9.68. The molecule has 4 heteroatoms. The number of carbonyl (C=O) groups is 1. The molecule has 0 bridgehead atoms. The van der Waals surface area contributed by atoms with Crippen molar-refractivity contribution >= 4 is 15.1 Å².